The topological polar surface area (TPSA) is 123 Å². The first-order valence-corrected chi connectivity index (χ1v) is 10.6. The van der Waals surface area contributed by atoms with Gasteiger partial charge in [-0.2, -0.15) is 8.42 Å². The van der Waals surface area contributed by atoms with Crippen molar-refractivity contribution < 1.29 is 17.2 Å². The molecule has 156 valence electrons. The fraction of sp³-hybridized carbons (Fsp3) is 0.211. The Hall–Kier alpha value is -3.18. The zero-order chi connectivity index (χ0) is 21.4. The minimum absolute atomic E-state index is 0.00527. The molecule has 4 rings (SSSR count). The van der Waals surface area contributed by atoms with E-state index in [1.807, 2.05) is 4.72 Å². The van der Waals surface area contributed by atoms with E-state index < -0.39 is 21.6 Å². The molecule has 30 heavy (non-hydrogen) atoms. The van der Waals surface area contributed by atoms with Gasteiger partial charge in [-0.25, -0.2) is 13.9 Å². The lowest BCUT2D eigenvalue weighted by Crippen LogP contribution is -2.43. The van der Waals surface area contributed by atoms with Gasteiger partial charge >= 0.3 is 0 Å². The van der Waals surface area contributed by atoms with Gasteiger partial charge in [0, 0.05) is 11.8 Å². The maximum atomic E-state index is 14.4. The van der Waals surface area contributed by atoms with Crippen molar-refractivity contribution in [3.05, 3.63) is 66.0 Å². The summed E-state index contributed by atoms with van der Waals surface area (Å²) in [6.45, 7) is 0. The van der Waals surface area contributed by atoms with Gasteiger partial charge in [-0.3, -0.25) is 9.71 Å². The molecule has 0 aliphatic heterocycles. The van der Waals surface area contributed by atoms with E-state index in [1.165, 1.54) is 24.3 Å². The molecular weight excluding hydrogens is 414 g/mol. The maximum absolute atomic E-state index is 14.4. The first kappa shape index (κ1) is 20.1. The van der Waals surface area contributed by atoms with E-state index in [2.05, 4.69) is 20.5 Å². The summed E-state index contributed by atoms with van der Waals surface area (Å²) in [5.74, 6) is -0.661. The Kier molecular flexibility index (Phi) is 5.08. The van der Waals surface area contributed by atoms with Crippen LogP contribution in [0.4, 0.5) is 20.3 Å². The summed E-state index contributed by atoms with van der Waals surface area (Å²) in [5.41, 5.74) is 0.0869. The Morgan fingerprint density at radius 2 is 1.83 bits per heavy atom. The molecule has 11 heteroatoms. The van der Waals surface area contributed by atoms with Crippen molar-refractivity contribution in [3.63, 3.8) is 0 Å². The van der Waals surface area contributed by atoms with Crippen LogP contribution in [0.3, 0.4) is 0 Å². The Morgan fingerprint density at radius 3 is 2.40 bits per heavy atom. The lowest BCUT2D eigenvalue weighted by molar-refractivity contribution is 0.265. The average Bonchev–Trinajstić information content (AvgIpc) is 2.65. The molecule has 0 saturated heterocycles. The quantitative estimate of drug-likeness (QED) is 0.550. The van der Waals surface area contributed by atoms with Crippen LogP contribution in [0.25, 0.3) is 11.3 Å². The molecule has 2 aromatic heterocycles. The first-order valence-electron chi connectivity index (χ1n) is 9.09. The number of halogens is 2. The molecule has 0 amide bonds. The fourth-order valence-electron chi connectivity index (χ4n) is 3.43. The maximum Gasteiger partial charge on any atom is 0.296 e. The summed E-state index contributed by atoms with van der Waals surface area (Å²) in [6.07, 6.45) is 3.89. The molecule has 0 spiro atoms. The number of hydrogen-bond acceptors (Lipinski definition) is 6. The van der Waals surface area contributed by atoms with Crippen LogP contribution < -0.4 is 15.2 Å². The summed E-state index contributed by atoms with van der Waals surface area (Å²) >= 11 is 0. The summed E-state index contributed by atoms with van der Waals surface area (Å²) in [4.78, 5) is 4.19. The minimum Gasteiger partial charge on any atom is -0.357 e. The zero-order valence-electron chi connectivity index (χ0n) is 15.6. The van der Waals surface area contributed by atoms with Crippen molar-refractivity contribution in [1.29, 1.82) is 0 Å². The standard InChI is InChI=1S/C19H18F2N6O2S/c20-14-3-1-10-23-18(14)19(8-2-9-19)24-17-7-6-16(25-26-17)13-5-4-12(11-15(13)21)27-30(22,28)29/h1,3-7,10-11,27H,2,8-9H2,(H,24,26)(H2,22,28,29). The highest BCUT2D eigenvalue weighted by Crippen LogP contribution is 2.43. The number of nitrogens with one attached hydrogen (secondary N) is 2. The van der Waals surface area contributed by atoms with Crippen molar-refractivity contribution in [2.45, 2.75) is 24.8 Å². The lowest BCUT2D eigenvalue weighted by Gasteiger charge is -2.42. The van der Waals surface area contributed by atoms with Gasteiger partial charge in [0.05, 0.1) is 16.9 Å². The number of rotatable bonds is 6. The Bertz CT molecular complexity index is 1180. The van der Waals surface area contributed by atoms with E-state index >= 15 is 0 Å². The monoisotopic (exact) mass is 432 g/mol. The number of anilines is 2. The molecule has 1 aromatic carbocycles. The Balaban J connectivity index is 1.56. The average molecular weight is 432 g/mol. The molecule has 1 aliphatic rings. The second kappa shape index (κ2) is 7.58. The number of benzene rings is 1. The van der Waals surface area contributed by atoms with E-state index in [-0.39, 0.29) is 22.8 Å². The Morgan fingerprint density at radius 1 is 1.03 bits per heavy atom. The van der Waals surface area contributed by atoms with E-state index in [9.17, 15) is 17.2 Å². The molecule has 0 atom stereocenters. The number of pyridine rings is 1. The van der Waals surface area contributed by atoms with Crippen LogP contribution in [0, 0.1) is 11.6 Å². The summed E-state index contributed by atoms with van der Waals surface area (Å²) in [6, 6.07) is 9.84. The van der Waals surface area contributed by atoms with Gasteiger partial charge in [-0.1, -0.05) is 0 Å². The lowest BCUT2D eigenvalue weighted by atomic mass is 9.74. The molecule has 3 aromatic rings. The van der Waals surface area contributed by atoms with E-state index in [0.717, 1.165) is 12.5 Å². The molecule has 0 radical (unpaired) electrons. The van der Waals surface area contributed by atoms with Crippen molar-refractivity contribution in [3.8, 4) is 11.3 Å². The third kappa shape index (κ3) is 4.07. The van der Waals surface area contributed by atoms with Crippen LogP contribution in [-0.2, 0) is 15.7 Å². The molecule has 1 saturated carbocycles. The third-order valence-electron chi connectivity index (χ3n) is 4.96. The highest BCUT2D eigenvalue weighted by atomic mass is 32.2. The molecule has 2 heterocycles. The van der Waals surface area contributed by atoms with Crippen molar-refractivity contribution >= 4 is 21.7 Å². The van der Waals surface area contributed by atoms with Crippen LogP contribution in [0.15, 0.2) is 48.7 Å². The molecule has 0 bridgehead atoms. The summed E-state index contributed by atoms with van der Waals surface area (Å²) < 4.78 is 52.8. The van der Waals surface area contributed by atoms with E-state index in [4.69, 9.17) is 5.14 Å². The molecule has 4 N–H and O–H groups in total. The van der Waals surface area contributed by atoms with Crippen LogP contribution in [0.5, 0.6) is 0 Å². The van der Waals surface area contributed by atoms with Crippen molar-refractivity contribution in [1.82, 2.24) is 15.2 Å². The van der Waals surface area contributed by atoms with Crippen LogP contribution >= 0.6 is 0 Å². The number of nitrogens with two attached hydrogens (primary N) is 1. The van der Waals surface area contributed by atoms with Crippen LogP contribution in [0.1, 0.15) is 25.0 Å². The second-order valence-corrected chi connectivity index (χ2v) is 8.33. The molecule has 0 unspecified atom stereocenters. The fourth-order valence-corrected chi connectivity index (χ4v) is 3.88. The zero-order valence-corrected chi connectivity index (χ0v) is 16.5. The highest BCUT2D eigenvalue weighted by Gasteiger charge is 2.42. The van der Waals surface area contributed by atoms with Gasteiger partial charge in [-0.15, -0.1) is 10.2 Å². The van der Waals surface area contributed by atoms with Crippen LogP contribution in [0.2, 0.25) is 0 Å². The van der Waals surface area contributed by atoms with Gasteiger partial charge < -0.3 is 5.32 Å². The summed E-state index contributed by atoms with van der Waals surface area (Å²) in [7, 11) is -4.00. The van der Waals surface area contributed by atoms with Crippen molar-refractivity contribution in [2.75, 3.05) is 10.0 Å². The van der Waals surface area contributed by atoms with Gasteiger partial charge in [0.25, 0.3) is 10.2 Å². The molecule has 1 aliphatic carbocycles. The molecule has 8 nitrogen and oxygen atoms in total. The number of nitrogens with zero attached hydrogens (tertiary/aromatic N) is 3. The normalized spacial score (nSPS) is 15.3. The number of aromatic nitrogens is 3. The molecule has 1 fully saturated rings. The van der Waals surface area contributed by atoms with Gasteiger partial charge in [0.15, 0.2) is 0 Å². The van der Waals surface area contributed by atoms with Crippen molar-refractivity contribution in [2.24, 2.45) is 5.14 Å². The smallest absolute Gasteiger partial charge is 0.296 e. The summed E-state index contributed by atoms with van der Waals surface area (Å²) in [5, 5.41) is 16.2. The highest BCUT2D eigenvalue weighted by molar-refractivity contribution is 7.90. The number of hydrogen-bond donors (Lipinski definition) is 3. The van der Waals surface area contributed by atoms with Gasteiger partial charge in [0.2, 0.25) is 0 Å². The van der Waals surface area contributed by atoms with Crippen LogP contribution in [-0.4, -0.2) is 23.6 Å². The van der Waals surface area contributed by atoms with Gasteiger partial charge in [0.1, 0.15) is 23.1 Å². The van der Waals surface area contributed by atoms with Gasteiger partial charge in [-0.05, 0) is 61.7 Å². The Labute approximate surface area is 171 Å². The predicted octanol–water partition coefficient (Wildman–Crippen LogP) is 2.92. The molecular formula is C19H18F2N6O2S. The van der Waals surface area contributed by atoms with E-state index in [0.29, 0.717) is 24.4 Å². The van der Waals surface area contributed by atoms with E-state index in [1.54, 1.807) is 18.3 Å². The third-order valence-corrected chi connectivity index (χ3v) is 5.48. The predicted molar refractivity (Wildman–Crippen MR) is 108 cm³/mol. The second-order valence-electron chi connectivity index (χ2n) is 7.04. The minimum atomic E-state index is -4.00. The largest absolute Gasteiger partial charge is 0.357 e. The SMILES string of the molecule is NS(=O)(=O)Nc1ccc(-c2ccc(NC3(c4ncccc4F)CCC3)nn2)c(F)c1. The first-order chi connectivity index (χ1) is 14.3.